The zero-order chi connectivity index (χ0) is 19.0. The van der Waals surface area contributed by atoms with Crippen LogP contribution in [-0.2, 0) is 24.2 Å². The molecule has 6 heteroatoms. The van der Waals surface area contributed by atoms with Crippen LogP contribution < -0.4 is 5.73 Å². The quantitative estimate of drug-likeness (QED) is 0.772. The smallest absolute Gasteiger partial charge is 0.405 e. The summed E-state index contributed by atoms with van der Waals surface area (Å²) in [6.45, 7) is 4.59. The molecule has 1 aromatic carbocycles. The van der Waals surface area contributed by atoms with E-state index < -0.39 is 12.2 Å². The Labute approximate surface area is 158 Å². The minimum atomic E-state index is -0.766. The summed E-state index contributed by atoms with van der Waals surface area (Å²) in [5.41, 5.74) is 11.4. The normalized spacial score (nSPS) is 15.5. The molecule has 27 heavy (non-hydrogen) atoms. The maximum Gasteiger partial charge on any atom is 0.405 e. The summed E-state index contributed by atoms with van der Waals surface area (Å²) in [7, 11) is 2.15. The standard InChI is InChI=1S/C21H24N4O2/c1-14-3-4-18-16(11-14)17-12-24(2)10-7-19(17)25(18)13-20(27-21(22)26)15-5-8-23-9-6-15/h3-6,8-9,11,20H,7,10,12-13H2,1-2H3,(H2,22,26). The molecule has 3 heterocycles. The summed E-state index contributed by atoms with van der Waals surface area (Å²) in [5.74, 6) is 0. The molecule has 0 radical (unpaired) electrons. The van der Waals surface area contributed by atoms with Crippen molar-refractivity contribution in [3.05, 3.63) is 65.1 Å². The van der Waals surface area contributed by atoms with Gasteiger partial charge in [-0.25, -0.2) is 4.79 Å². The molecular formula is C21H24N4O2. The molecule has 3 aromatic rings. The third-order valence-corrected chi connectivity index (χ3v) is 5.29. The summed E-state index contributed by atoms with van der Waals surface area (Å²) < 4.78 is 7.77. The predicted molar refractivity (Wildman–Crippen MR) is 104 cm³/mol. The number of nitrogens with zero attached hydrogens (tertiary/aromatic N) is 3. The number of carbonyl (C=O) groups excluding carboxylic acids is 1. The Morgan fingerprint density at radius 2 is 2.07 bits per heavy atom. The molecule has 0 saturated heterocycles. The molecule has 1 aliphatic rings. The largest absolute Gasteiger partial charge is 0.440 e. The van der Waals surface area contributed by atoms with Crippen LogP contribution in [0.5, 0.6) is 0 Å². The summed E-state index contributed by atoms with van der Waals surface area (Å²) in [6.07, 6.45) is 3.16. The second-order valence-corrected chi connectivity index (χ2v) is 7.25. The lowest BCUT2D eigenvalue weighted by Crippen LogP contribution is -2.28. The maximum atomic E-state index is 11.5. The minimum Gasteiger partial charge on any atom is -0.440 e. The van der Waals surface area contributed by atoms with Crippen LogP contribution in [0.4, 0.5) is 4.79 Å². The summed E-state index contributed by atoms with van der Waals surface area (Å²) in [4.78, 5) is 17.9. The number of nitrogens with two attached hydrogens (primary N) is 1. The van der Waals surface area contributed by atoms with E-state index in [1.165, 1.54) is 27.7 Å². The first-order chi connectivity index (χ1) is 13.0. The van der Waals surface area contributed by atoms with Crippen molar-refractivity contribution in [3.63, 3.8) is 0 Å². The van der Waals surface area contributed by atoms with E-state index in [0.29, 0.717) is 6.54 Å². The number of rotatable bonds is 4. The Morgan fingerprint density at radius 1 is 1.30 bits per heavy atom. The van der Waals surface area contributed by atoms with Gasteiger partial charge in [0.05, 0.1) is 6.54 Å². The molecule has 2 N–H and O–H groups in total. The van der Waals surface area contributed by atoms with Gasteiger partial charge in [-0.15, -0.1) is 0 Å². The van der Waals surface area contributed by atoms with Gasteiger partial charge in [0.25, 0.3) is 0 Å². The van der Waals surface area contributed by atoms with Gasteiger partial charge in [-0.05, 0) is 49.4 Å². The van der Waals surface area contributed by atoms with E-state index in [0.717, 1.165) is 25.1 Å². The highest BCUT2D eigenvalue weighted by molar-refractivity contribution is 5.86. The van der Waals surface area contributed by atoms with E-state index in [1.54, 1.807) is 12.4 Å². The second-order valence-electron chi connectivity index (χ2n) is 7.25. The van der Waals surface area contributed by atoms with Crippen LogP contribution in [0.2, 0.25) is 0 Å². The molecule has 6 nitrogen and oxygen atoms in total. The van der Waals surface area contributed by atoms with Crippen molar-refractivity contribution in [2.45, 2.75) is 32.5 Å². The van der Waals surface area contributed by atoms with Crippen molar-refractivity contribution in [1.29, 1.82) is 0 Å². The summed E-state index contributed by atoms with van der Waals surface area (Å²) in [5, 5.41) is 1.28. The van der Waals surface area contributed by atoms with Gasteiger partial charge in [0, 0.05) is 48.5 Å². The number of carbonyl (C=O) groups is 1. The first-order valence-electron chi connectivity index (χ1n) is 9.18. The number of likely N-dealkylation sites (N-methyl/N-ethyl adjacent to an activating group) is 1. The number of fused-ring (bicyclic) bond motifs is 3. The molecule has 0 aliphatic carbocycles. The van der Waals surface area contributed by atoms with E-state index >= 15 is 0 Å². The molecule has 1 aliphatic heterocycles. The van der Waals surface area contributed by atoms with Crippen molar-refractivity contribution in [2.24, 2.45) is 5.73 Å². The number of ether oxygens (including phenoxy) is 1. The highest BCUT2D eigenvalue weighted by Gasteiger charge is 2.25. The fourth-order valence-corrected chi connectivity index (χ4v) is 4.00. The fraction of sp³-hybridized carbons (Fsp3) is 0.333. The zero-order valence-electron chi connectivity index (χ0n) is 15.7. The number of benzene rings is 1. The van der Waals surface area contributed by atoms with Gasteiger partial charge >= 0.3 is 6.09 Å². The lowest BCUT2D eigenvalue weighted by Gasteiger charge is -2.25. The van der Waals surface area contributed by atoms with Crippen LogP contribution in [0.25, 0.3) is 10.9 Å². The third-order valence-electron chi connectivity index (χ3n) is 5.29. The third kappa shape index (κ3) is 3.40. The molecule has 2 aromatic heterocycles. The lowest BCUT2D eigenvalue weighted by molar-refractivity contribution is 0.0957. The Kier molecular flexibility index (Phi) is 4.58. The second kappa shape index (κ2) is 7.04. The molecule has 0 bridgehead atoms. The Morgan fingerprint density at radius 3 is 2.81 bits per heavy atom. The van der Waals surface area contributed by atoms with Gasteiger partial charge in [-0.1, -0.05) is 11.6 Å². The molecule has 1 unspecified atom stereocenters. The monoisotopic (exact) mass is 364 g/mol. The average Bonchev–Trinajstić information content (AvgIpc) is 2.94. The van der Waals surface area contributed by atoms with Crippen molar-refractivity contribution < 1.29 is 9.53 Å². The number of aryl methyl sites for hydroxylation is 1. The van der Waals surface area contributed by atoms with E-state index in [9.17, 15) is 4.79 Å². The predicted octanol–water partition coefficient (Wildman–Crippen LogP) is 3.17. The molecule has 0 fully saturated rings. The molecule has 0 spiro atoms. The molecule has 4 rings (SSSR count). The minimum absolute atomic E-state index is 0.453. The molecular weight excluding hydrogens is 340 g/mol. The van der Waals surface area contributed by atoms with E-state index in [2.05, 4.69) is 46.6 Å². The summed E-state index contributed by atoms with van der Waals surface area (Å²) >= 11 is 0. The van der Waals surface area contributed by atoms with Gasteiger partial charge < -0.3 is 19.9 Å². The number of hydrogen-bond acceptors (Lipinski definition) is 4. The number of pyridine rings is 1. The Hall–Kier alpha value is -2.86. The highest BCUT2D eigenvalue weighted by Crippen LogP contribution is 2.33. The summed E-state index contributed by atoms with van der Waals surface area (Å²) in [6, 6.07) is 10.3. The van der Waals surface area contributed by atoms with Gasteiger partial charge in [0.2, 0.25) is 0 Å². The molecule has 1 amide bonds. The van der Waals surface area contributed by atoms with Gasteiger partial charge in [-0.2, -0.15) is 0 Å². The zero-order valence-corrected chi connectivity index (χ0v) is 15.7. The van der Waals surface area contributed by atoms with Crippen LogP contribution in [0.15, 0.2) is 42.7 Å². The van der Waals surface area contributed by atoms with Crippen LogP contribution >= 0.6 is 0 Å². The number of hydrogen-bond donors (Lipinski definition) is 1. The van der Waals surface area contributed by atoms with Crippen molar-refractivity contribution in [1.82, 2.24) is 14.5 Å². The van der Waals surface area contributed by atoms with Gasteiger partial charge in [-0.3, -0.25) is 4.98 Å². The highest BCUT2D eigenvalue weighted by atomic mass is 16.6. The first kappa shape index (κ1) is 17.5. The Balaban J connectivity index is 1.81. The topological polar surface area (TPSA) is 73.4 Å². The van der Waals surface area contributed by atoms with Gasteiger partial charge in [0.1, 0.15) is 6.10 Å². The van der Waals surface area contributed by atoms with Crippen LogP contribution in [-0.4, -0.2) is 34.1 Å². The van der Waals surface area contributed by atoms with Gasteiger partial charge in [0.15, 0.2) is 0 Å². The average molecular weight is 364 g/mol. The van der Waals surface area contributed by atoms with E-state index in [1.807, 2.05) is 12.1 Å². The lowest BCUT2D eigenvalue weighted by atomic mass is 10.0. The molecule has 0 saturated carbocycles. The van der Waals surface area contributed by atoms with Crippen molar-refractivity contribution in [2.75, 3.05) is 13.6 Å². The van der Waals surface area contributed by atoms with Crippen molar-refractivity contribution in [3.8, 4) is 0 Å². The SMILES string of the molecule is Cc1ccc2c(c1)c1c(n2CC(OC(N)=O)c2ccncc2)CCN(C)C1. The maximum absolute atomic E-state index is 11.5. The molecule has 140 valence electrons. The number of aromatic nitrogens is 2. The van der Waals surface area contributed by atoms with Crippen LogP contribution in [0.1, 0.15) is 28.5 Å². The molecule has 1 atom stereocenters. The van der Waals surface area contributed by atoms with Crippen molar-refractivity contribution >= 4 is 17.0 Å². The number of amides is 1. The van der Waals surface area contributed by atoms with Crippen LogP contribution in [0.3, 0.4) is 0 Å². The van der Waals surface area contributed by atoms with E-state index in [4.69, 9.17) is 10.5 Å². The first-order valence-corrected chi connectivity index (χ1v) is 9.18. The van der Waals surface area contributed by atoms with Crippen LogP contribution in [0, 0.1) is 6.92 Å². The number of primary amides is 1. The Bertz CT molecular complexity index is 981. The fourth-order valence-electron chi connectivity index (χ4n) is 4.00. The van der Waals surface area contributed by atoms with E-state index in [-0.39, 0.29) is 0 Å².